The Hall–Kier alpha value is -5.38. The second-order valence-electron chi connectivity index (χ2n) is 10.9. The number of carboxylic acid groups (broad SMARTS) is 1. The van der Waals surface area contributed by atoms with Gasteiger partial charge in [0.2, 0.25) is 5.78 Å². The van der Waals surface area contributed by atoms with E-state index < -0.39 is 67.6 Å². The Morgan fingerprint density at radius 1 is 0.880 bits per heavy atom. The minimum Gasteiger partial charge on any atom is -0.478 e. The number of carbonyl (C=O) groups excluding carboxylic acids is 1. The molecule has 0 atom stereocenters. The number of carboxylic acids is 1. The van der Waals surface area contributed by atoms with Crippen molar-refractivity contribution in [3.8, 4) is 16.3 Å². The van der Waals surface area contributed by atoms with Gasteiger partial charge in [-0.1, -0.05) is 17.4 Å². The predicted octanol–water partition coefficient (Wildman–Crippen LogP) is 3.55. The van der Waals surface area contributed by atoms with Gasteiger partial charge in [-0.15, -0.1) is 0 Å². The highest BCUT2D eigenvalue weighted by Gasteiger charge is 2.37. The zero-order valence-electron chi connectivity index (χ0n) is 24.8. The Morgan fingerprint density at radius 2 is 1.60 bits per heavy atom. The summed E-state index contributed by atoms with van der Waals surface area (Å²) in [5.74, 6) is -2.25. The van der Waals surface area contributed by atoms with Crippen LogP contribution in [0.3, 0.4) is 0 Å². The van der Waals surface area contributed by atoms with Crippen molar-refractivity contribution in [2.45, 2.75) is 14.7 Å². The van der Waals surface area contributed by atoms with E-state index in [9.17, 15) is 53.8 Å². The van der Waals surface area contributed by atoms with E-state index in [2.05, 4.69) is 15.3 Å². The van der Waals surface area contributed by atoms with Gasteiger partial charge in [0.05, 0.1) is 43.1 Å². The molecule has 3 aromatic heterocycles. The molecule has 1 aliphatic carbocycles. The van der Waals surface area contributed by atoms with Gasteiger partial charge in [0.25, 0.3) is 25.8 Å². The molecule has 0 bridgehead atoms. The molecule has 0 fully saturated rings. The molecule has 0 amide bonds. The lowest BCUT2D eigenvalue weighted by Gasteiger charge is -2.25. The number of hydrogen-bond donors (Lipinski definition) is 4. The summed E-state index contributed by atoms with van der Waals surface area (Å²) in [7, 11) is -14.1. The molecule has 0 saturated carbocycles. The van der Waals surface area contributed by atoms with E-state index in [1.807, 2.05) is 0 Å². The highest BCUT2D eigenvalue weighted by Crippen LogP contribution is 2.45. The molecule has 7 rings (SSSR count). The number of aromatic carboxylic acids is 1. The molecule has 0 radical (unpaired) electrons. The van der Waals surface area contributed by atoms with Crippen LogP contribution in [0.4, 0.5) is 11.4 Å². The van der Waals surface area contributed by atoms with Crippen molar-refractivity contribution >= 4 is 85.7 Å². The maximum Gasteiger partial charge on any atom is 0.335 e. The highest BCUT2D eigenvalue weighted by molar-refractivity contribution is 7.90. The molecule has 1 aliphatic rings. The predicted molar refractivity (Wildman–Crippen MR) is 179 cm³/mol. The van der Waals surface area contributed by atoms with E-state index >= 15 is 0 Å². The molecule has 20 heteroatoms. The number of nitrogens with one attached hydrogen (secondary N) is 1. The first-order valence-electron chi connectivity index (χ1n) is 13.8. The Labute approximate surface area is 284 Å². The number of thiazole rings is 1. The molecule has 50 heavy (non-hydrogen) atoms. The van der Waals surface area contributed by atoms with Crippen LogP contribution in [0.5, 0.6) is 0 Å². The topological polar surface area (TPSA) is 257 Å². The molecule has 0 spiro atoms. The number of sulfone groups is 1. The zero-order chi connectivity index (χ0) is 36.1. The average molecular weight is 755 g/mol. The van der Waals surface area contributed by atoms with Crippen molar-refractivity contribution in [2.24, 2.45) is 0 Å². The normalized spacial score (nSPS) is 13.1. The van der Waals surface area contributed by atoms with Crippen LogP contribution >= 0.6 is 11.3 Å². The van der Waals surface area contributed by atoms with Crippen LogP contribution < -0.4 is 10.9 Å². The number of hydrogen-bond acceptors (Lipinski definition) is 13. The fourth-order valence-corrected chi connectivity index (χ4v) is 9.03. The van der Waals surface area contributed by atoms with Crippen LogP contribution in [0, 0.1) is 0 Å². The lowest BCUT2D eigenvalue weighted by molar-refractivity contribution is 0.0696. The van der Waals surface area contributed by atoms with Crippen LogP contribution in [-0.2, 0) is 30.1 Å². The van der Waals surface area contributed by atoms with E-state index in [1.165, 1.54) is 36.5 Å². The van der Waals surface area contributed by atoms with Crippen molar-refractivity contribution in [1.29, 1.82) is 0 Å². The van der Waals surface area contributed by atoms with Gasteiger partial charge < -0.3 is 10.4 Å². The van der Waals surface area contributed by atoms with Crippen LogP contribution in [0.25, 0.3) is 37.4 Å². The Balaban J connectivity index is 1.60. The van der Waals surface area contributed by atoms with Gasteiger partial charge in [0, 0.05) is 29.0 Å². The van der Waals surface area contributed by atoms with Gasteiger partial charge in [0.15, 0.2) is 15.0 Å². The number of rotatable bonds is 7. The molecule has 254 valence electrons. The minimum atomic E-state index is -5.04. The summed E-state index contributed by atoms with van der Waals surface area (Å²) < 4.78 is 95.7. The molecule has 0 aliphatic heterocycles. The largest absolute Gasteiger partial charge is 0.478 e. The molecule has 6 aromatic rings. The fourth-order valence-electron chi connectivity index (χ4n) is 5.77. The van der Waals surface area contributed by atoms with E-state index in [1.54, 1.807) is 0 Å². The molecule has 0 saturated heterocycles. The molecule has 0 unspecified atom stereocenters. The number of fused-ring (bicyclic) bond motifs is 3. The summed E-state index contributed by atoms with van der Waals surface area (Å²) in [6.45, 7) is 0. The first kappa shape index (κ1) is 33.1. The number of anilines is 2. The third kappa shape index (κ3) is 5.25. The van der Waals surface area contributed by atoms with Gasteiger partial charge in [-0.25, -0.2) is 18.2 Å². The van der Waals surface area contributed by atoms with Crippen LogP contribution in [-0.4, -0.2) is 72.0 Å². The second kappa shape index (κ2) is 11.1. The van der Waals surface area contributed by atoms with Crippen LogP contribution in [0.1, 0.15) is 26.4 Å². The summed E-state index contributed by atoms with van der Waals surface area (Å²) in [6, 6.07) is 11.8. The van der Waals surface area contributed by atoms with Gasteiger partial charge in [-0.2, -0.15) is 16.8 Å². The fraction of sp³-hybridized carbons (Fsp3) is 0.0333. The quantitative estimate of drug-likeness (QED) is 0.170. The number of ketones is 1. The lowest BCUT2D eigenvalue weighted by Crippen LogP contribution is -2.29. The first-order chi connectivity index (χ1) is 23.4. The van der Waals surface area contributed by atoms with E-state index in [-0.39, 0.29) is 60.0 Å². The smallest absolute Gasteiger partial charge is 0.335 e. The molecule has 3 heterocycles. The van der Waals surface area contributed by atoms with Crippen LogP contribution in [0.15, 0.2) is 86.3 Å². The number of benzene rings is 3. The SMILES string of the molecule is CS(=O)(=O)c1c2c3c(c(Nc4ccc(C(=O)O)cc4S(=O)(=O)O)ccc3n(-c3nc4ccc(S(=O)(=O)O)cc4s3)c1=O)C(=O)c1ncccc1-2. The summed E-state index contributed by atoms with van der Waals surface area (Å²) in [5.41, 5.74) is -2.45. The molecular formula is C30H18N4O12S4. The molecular weight excluding hydrogens is 737 g/mol. The van der Waals surface area contributed by atoms with Gasteiger partial charge in [0.1, 0.15) is 15.5 Å². The average Bonchev–Trinajstić information content (AvgIpc) is 3.45. The Kier molecular flexibility index (Phi) is 7.33. The third-order valence-corrected chi connectivity index (χ3v) is 11.7. The Morgan fingerprint density at radius 3 is 2.26 bits per heavy atom. The van der Waals surface area contributed by atoms with Gasteiger partial charge >= 0.3 is 5.97 Å². The summed E-state index contributed by atoms with van der Waals surface area (Å²) >= 11 is 0.794. The standard InChI is InChI=1S/C30H18N4O12S4/c1-48(39,40)27-22-15-3-2-10-31-25(15)26(35)23-18(32-17-6-4-13(29(37)38)11-21(17)50(44,45)46)8-9-19(24(22)23)34(28(27)36)30-33-16-7-5-14(49(41,42)43)12-20(16)47-30/h2-12,32H,1H3,(H,37,38)(H,41,42,43)(H,44,45,46). The molecule has 4 N–H and O–H groups in total. The highest BCUT2D eigenvalue weighted by atomic mass is 32.2. The van der Waals surface area contributed by atoms with Gasteiger partial charge in [-0.3, -0.25) is 28.2 Å². The molecule has 16 nitrogen and oxygen atoms in total. The monoisotopic (exact) mass is 754 g/mol. The van der Waals surface area contributed by atoms with Gasteiger partial charge in [-0.05, 0) is 54.6 Å². The van der Waals surface area contributed by atoms with E-state index in [0.29, 0.717) is 6.07 Å². The van der Waals surface area contributed by atoms with Crippen molar-refractivity contribution in [1.82, 2.24) is 14.5 Å². The number of carbonyl (C=O) groups is 2. The zero-order valence-corrected chi connectivity index (χ0v) is 28.1. The van der Waals surface area contributed by atoms with Crippen LogP contribution in [0.2, 0.25) is 0 Å². The third-order valence-electron chi connectivity index (χ3n) is 7.80. The minimum absolute atomic E-state index is 0.0170. The van der Waals surface area contributed by atoms with E-state index in [0.717, 1.165) is 46.4 Å². The number of pyridine rings is 2. The maximum atomic E-state index is 14.3. The van der Waals surface area contributed by atoms with Crippen molar-refractivity contribution in [3.05, 3.63) is 94.0 Å². The lowest BCUT2D eigenvalue weighted by atomic mass is 9.85. The number of nitrogens with zero attached hydrogens (tertiary/aromatic N) is 3. The summed E-state index contributed by atoms with van der Waals surface area (Å²) in [5, 5.41) is 11.9. The summed E-state index contributed by atoms with van der Waals surface area (Å²) in [4.78, 5) is 46.6. The maximum absolute atomic E-state index is 14.3. The number of aromatic nitrogens is 3. The second-order valence-corrected chi connectivity index (χ2v) is 16.7. The Bertz CT molecular complexity index is 2950. The van der Waals surface area contributed by atoms with Crippen molar-refractivity contribution < 1.29 is 49.1 Å². The van der Waals surface area contributed by atoms with Crippen molar-refractivity contribution in [2.75, 3.05) is 11.6 Å². The summed E-state index contributed by atoms with van der Waals surface area (Å²) in [6.07, 6.45) is 2.07. The first-order valence-corrected chi connectivity index (χ1v) is 19.4. The van der Waals surface area contributed by atoms with E-state index in [4.69, 9.17) is 0 Å². The molecule has 3 aromatic carbocycles. The van der Waals surface area contributed by atoms with Crippen molar-refractivity contribution in [3.63, 3.8) is 0 Å².